The van der Waals surface area contributed by atoms with Gasteiger partial charge in [-0.1, -0.05) is 0 Å². The van der Waals surface area contributed by atoms with Crippen molar-refractivity contribution in [3.63, 3.8) is 0 Å². The third-order valence-electron chi connectivity index (χ3n) is 0.697. The topological polar surface area (TPSA) is 198 Å². The Labute approximate surface area is 145 Å². The van der Waals surface area contributed by atoms with Crippen molar-refractivity contribution in [1.82, 2.24) is 0 Å². The molecule has 0 aliphatic rings. The summed E-state index contributed by atoms with van der Waals surface area (Å²) in [5.41, 5.74) is -0.880. The van der Waals surface area contributed by atoms with E-state index in [2.05, 4.69) is 40.7 Å². The van der Waals surface area contributed by atoms with Gasteiger partial charge in [0.25, 0.3) is 0 Å². The first kappa shape index (κ1) is 50.6. The largest absolute Gasteiger partial charge is 0.545 e. The van der Waals surface area contributed by atoms with Crippen LogP contribution in [0.4, 0.5) is 0 Å². The summed E-state index contributed by atoms with van der Waals surface area (Å²) in [4.78, 5) is 46.5. The van der Waals surface area contributed by atoms with Gasteiger partial charge in [-0.15, -0.1) is 0 Å². The Hall–Kier alpha value is -3.70. The zero-order chi connectivity index (χ0) is 20.0. The first-order chi connectivity index (χ1) is 10.8. The molecule has 0 saturated heterocycles. The summed E-state index contributed by atoms with van der Waals surface area (Å²) in [5, 5.41) is 32.5. The van der Waals surface area contributed by atoms with Crippen molar-refractivity contribution in [3.8, 4) is 24.3 Å². The van der Waals surface area contributed by atoms with E-state index in [0.29, 0.717) is 0 Å². The van der Waals surface area contributed by atoms with Crippen LogP contribution in [0, 0.1) is 45.3 Å². The summed E-state index contributed by atoms with van der Waals surface area (Å²) in [6.07, 6.45) is 0. The molecule has 0 N–H and O–H groups in total. The Kier molecular flexibility index (Phi) is 303. The summed E-state index contributed by atoms with van der Waals surface area (Å²) >= 11 is 0. The minimum atomic E-state index is -0.440. The van der Waals surface area contributed by atoms with Gasteiger partial charge in [-0.25, -0.2) is 0 Å². The van der Waals surface area contributed by atoms with Gasteiger partial charge in [-0.2, -0.15) is 21.0 Å². The zero-order valence-electron chi connectivity index (χ0n) is 11.1. The molecule has 0 fully saturated rings. The number of hydrogen-bond acceptors (Lipinski definition) is 10. The van der Waals surface area contributed by atoms with Crippen molar-refractivity contribution < 1.29 is 47.3 Å². The molecule has 0 aromatic carbocycles. The number of allylic oxidation sites excluding steroid dienone is 2. The van der Waals surface area contributed by atoms with Crippen LogP contribution in [0.5, 0.6) is 0 Å². The van der Waals surface area contributed by atoms with E-state index < -0.39 is 11.1 Å². The van der Waals surface area contributed by atoms with Gasteiger partial charge in [0.05, 0.1) is 0 Å². The van der Waals surface area contributed by atoms with Crippen LogP contribution in [0.2, 0.25) is 0 Å². The van der Waals surface area contributed by atoms with Gasteiger partial charge < -0.3 is 28.8 Å². The maximum Gasteiger partial charge on any atom is 0.158 e. The summed E-state index contributed by atoms with van der Waals surface area (Å²) in [6.45, 7) is 19.5. The monoisotopic (exact) mass is 353 g/mol. The van der Waals surface area contributed by atoms with Crippen molar-refractivity contribution in [2.75, 3.05) is 0 Å². The van der Waals surface area contributed by atoms with Crippen LogP contribution in [-0.4, -0.2) is 40.7 Å². The number of rotatable bonds is 0. The van der Waals surface area contributed by atoms with E-state index in [1.165, 1.54) is 24.3 Å². The summed E-state index contributed by atoms with van der Waals surface area (Å²) in [5.74, 6) is 0. The number of nitrogens with zero attached hydrogens (tertiary/aromatic N) is 4. The first-order valence-corrected chi connectivity index (χ1v) is 3.56. The fourth-order valence-electron chi connectivity index (χ4n) is 0.274. The van der Waals surface area contributed by atoms with Crippen molar-refractivity contribution in [2.24, 2.45) is 0 Å². The number of hydrogen-bond donors (Lipinski definition) is 0. The Morgan fingerprint density at radius 1 is 0.435 bits per heavy atom. The number of nitriles is 4. The second-order valence-electron chi connectivity index (χ2n) is 1.20. The molecule has 0 rings (SSSR count). The van der Waals surface area contributed by atoms with Crippen LogP contribution in [-0.2, 0) is 47.3 Å². The fourth-order valence-corrected chi connectivity index (χ4v) is 0.274. The first-order valence-electron chi connectivity index (χ1n) is 3.56. The van der Waals surface area contributed by atoms with E-state index >= 15 is 0 Å². The van der Waals surface area contributed by atoms with E-state index in [-0.39, 0.29) is 18.6 Å². The Morgan fingerprint density at radius 3 is 0.565 bits per heavy atom. The summed E-state index contributed by atoms with van der Waals surface area (Å²) < 4.78 is 0. The standard InChI is InChI=1S/C6N4.6CHO.V/c7-1-5(2-8)6(3-9)4-10;6*1-2;/h;6*1H;/q;6*-1;. The van der Waals surface area contributed by atoms with Crippen molar-refractivity contribution >= 4 is 40.7 Å². The van der Waals surface area contributed by atoms with Gasteiger partial charge in [0.2, 0.25) is 0 Å². The van der Waals surface area contributed by atoms with E-state index in [1.54, 1.807) is 0 Å². The molecule has 1 radical (unpaired) electrons. The molecule has 0 bridgehead atoms. The molecule has 121 valence electrons. The SMILES string of the molecule is N#CC(C#N)=C(C#N)C#N.[CH-]=O.[CH-]=O.[CH-]=O.[CH-]=O.[CH-]=O.[CH-]=O.[V]. The second-order valence-corrected chi connectivity index (χ2v) is 1.20. The predicted molar refractivity (Wildman–Crippen MR) is 70.0 cm³/mol. The maximum atomic E-state index is 8.13. The van der Waals surface area contributed by atoms with E-state index in [9.17, 15) is 0 Å². The molecule has 0 atom stereocenters. The quantitative estimate of drug-likeness (QED) is 0.287. The Bertz CT molecular complexity index is 349. The van der Waals surface area contributed by atoms with E-state index in [4.69, 9.17) is 49.8 Å². The van der Waals surface area contributed by atoms with Crippen molar-refractivity contribution in [2.45, 2.75) is 0 Å². The second kappa shape index (κ2) is 138. The van der Waals surface area contributed by atoms with Crippen molar-refractivity contribution in [3.05, 3.63) is 11.1 Å². The average Bonchev–Trinajstić information content (AvgIpc) is 2.69. The summed E-state index contributed by atoms with van der Waals surface area (Å²) in [7, 11) is 0. The Morgan fingerprint density at radius 2 is 0.522 bits per heavy atom. The van der Waals surface area contributed by atoms with Gasteiger partial charge in [0.1, 0.15) is 24.3 Å². The minimum Gasteiger partial charge on any atom is -0.545 e. The predicted octanol–water partition coefficient (Wildman–Crippen LogP) is -1.27. The van der Waals surface area contributed by atoms with Crippen LogP contribution in [0.3, 0.4) is 0 Å². The molecule has 0 aromatic rings. The molecular formula is C12H6N4O6V-6. The molecule has 11 heteroatoms. The molecule has 0 saturated carbocycles. The summed E-state index contributed by atoms with van der Waals surface area (Å²) in [6, 6.07) is 5.71. The van der Waals surface area contributed by atoms with Crippen LogP contribution in [0.15, 0.2) is 11.1 Å². The smallest absolute Gasteiger partial charge is 0.158 e. The molecule has 0 heterocycles. The third-order valence-corrected chi connectivity index (χ3v) is 0.697. The molecule has 10 nitrogen and oxygen atoms in total. The van der Waals surface area contributed by atoms with Gasteiger partial charge in [0, 0.05) is 18.6 Å². The zero-order valence-corrected chi connectivity index (χ0v) is 12.5. The molecule has 23 heavy (non-hydrogen) atoms. The van der Waals surface area contributed by atoms with Crippen LogP contribution < -0.4 is 0 Å². The molecule has 0 aliphatic carbocycles. The van der Waals surface area contributed by atoms with Gasteiger partial charge in [-0.3, -0.25) is 40.7 Å². The van der Waals surface area contributed by atoms with Crippen LogP contribution in [0.25, 0.3) is 0 Å². The molecular weight excluding hydrogens is 347 g/mol. The van der Waals surface area contributed by atoms with Gasteiger partial charge >= 0.3 is 0 Å². The number of carbonyl (C=O) groups excluding carboxylic acids is 6. The normalized spacial score (nSPS) is 3.48. The molecule has 0 aliphatic heterocycles. The minimum absolute atomic E-state index is 0. The maximum absolute atomic E-state index is 8.13. The fraction of sp³-hybridized carbons (Fsp3) is 0. The van der Waals surface area contributed by atoms with Gasteiger partial charge in [-0.05, 0) is 0 Å². The van der Waals surface area contributed by atoms with Crippen molar-refractivity contribution in [1.29, 1.82) is 21.0 Å². The van der Waals surface area contributed by atoms with Crippen LogP contribution in [0.1, 0.15) is 0 Å². The molecule has 0 unspecified atom stereocenters. The van der Waals surface area contributed by atoms with Crippen LogP contribution >= 0.6 is 0 Å². The Balaban J connectivity index is -0.0000000245. The molecule has 0 amide bonds. The van der Waals surface area contributed by atoms with E-state index in [0.717, 1.165) is 0 Å². The third kappa shape index (κ3) is 70.6. The average molecular weight is 353 g/mol. The van der Waals surface area contributed by atoms with E-state index in [1.807, 2.05) is 0 Å². The molecule has 0 aromatic heterocycles. The molecule has 0 spiro atoms. The van der Waals surface area contributed by atoms with Gasteiger partial charge in [0.15, 0.2) is 11.1 Å².